The molecule has 1 N–H and O–H groups in total. The molecule has 21 heavy (non-hydrogen) atoms. The molecule has 0 heterocycles. The van der Waals surface area contributed by atoms with Gasteiger partial charge < -0.3 is 10.1 Å². The second-order valence-electron chi connectivity index (χ2n) is 5.66. The van der Waals surface area contributed by atoms with Crippen LogP contribution < -0.4 is 10.1 Å². The number of hydrogen-bond acceptors (Lipinski definition) is 2. The number of aryl methyl sites for hydroxylation is 1. The molecule has 3 heteroatoms. The Balaban J connectivity index is 2.04. The zero-order valence-corrected chi connectivity index (χ0v) is 13.6. The number of ether oxygens (including phenoxy) is 1. The lowest BCUT2D eigenvalue weighted by Gasteiger charge is -2.12. The maximum absolute atomic E-state index is 6.12. The molecule has 0 amide bonds. The minimum Gasteiger partial charge on any atom is -0.456 e. The van der Waals surface area contributed by atoms with E-state index < -0.39 is 0 Å². The number of benzene rings is 2. The quantitative estimate of drug-likeness (QED) is 0.793. The van der Waals surface area contributed by atoms with E-state index in [0.717, 1.165) is 24.4 Å². The molecule has 0 radical (unpaired) electrons. The van der Waals surface area contributed by atoms with Crippen LogP contribution in [0.5, 0.6) is 11.5 Å². The Kier molecular flexibility index (Phi) is 5.66. The Morgan fingerprint density at radius 3 is 2.52 bits per heavy atom. The minimum absolute atomic E-state index is 0.625. The summed E-state index contributed by atoms with van der Waals surface area (Å²) in [5.41, 5.74) is 2.37. The molecule has 0 saturated carbocycles. The molecule has 0 aromatic heterocycles. The van der Waals surface area contributed by atoms with E-state index in [9.17, 15) is 0 Å². The van der Waals surface area contributed by atoms with Crippen LogP contribution in [0.3, 0.4) is 0 Å². The molecule has 0 aliphatic heterocycles. The van der Waals surface area contributed by atoms with Crippen molar-refractivity contribution in [2.75, 3.05) is 6.54 Å². The lowest BCUT2D eigenvalue weighted by atomic mass is 10.1. The number of halogens is 1. The molecule has 112 valence electrons. The minimum atomic E-state index is 0.625. The fourth-order valence-electron chi connectivity index (χ4n) is 2.09. The second-order valence-corrected chi connectivity index (χ2v) is 6.06. The summed E-state index contributed by atoms with van der Waals surface area (Å²) < 4.78 is 5.89. The Hall–Kier alpha value is -1.51. The zero-order valence-electron chi connectivity index (χ0n) is 12.8. The van der Waals surface area contributed by atoms with E-state index in [2.05, 4.69) is 38.2 Å². The Labute approximate surface area is 132 Å². The fraction of sp³-hybridized carbons (Fsp3) is 0.333. The maximum Gasteiger partial charge on any atom is 0.146 e. The third-order valence-electron chi connectivity index (χ3n) is 3.18. The highest BCUT2D eigenvalue weighted by molar-refractivity contribution is 6.32. The lowest BCUT2D eigenvalue weighted by Crippen LogP contribution is -2.18. The first kappa shape index (κ1) is 15.9. The summed E-state index contributed by atoms with van der Waals surface area (Å²) in [6, 6.07) is 13.8. The Bertz CT molecular complexity index is 596. The monoisotopic (exact) mass is 303 g/mol. The first-order valence-corrected chi connectivity index (χ1v) is 7.66. The van der Waals surface area contributed by atoms with Crippen LogP contribution in [0, 0.1) is 12.8 Å². The Morgan fingerprint density at radius 2 is 1.86 bits per heavy atom. The number of rotatable bonds is 6. The van der Waals surface area contributed by atoms with Crippen LogP contribution in [0.25, 0.3) is 0 Å². The summed E-state index contributed by atoms with van der Waals surface area (Å²) in [5, 5.41) is 4.07. The van der Waals surface area contributed by atoms with Gasteiger partial charge in [0.2, 0.25) is 0 Å². The molecule has 0 unspecified atom stereocenters. The topological polar surface area (TPSA) is 21.3 Å². The van der Waals surface area contributed by atoms with E-state index in [-0.39, 0.29) is 0 Å². The summed E-state index contributed by atoms with van der Waals surface area (Å²) in [6.45, 7) is 8.37. The van der Waals surface area contributed by atoms with E-state index in [1.54, 1.807) is 0 Å². The molecule has 0 bridgehead atoms. The molecule has 0 aliphatic carbocycles. The van der Waals surface area contributed by atoms with Crippen LogP contribution in [-0.2, 0) is 6.54 Å². The zero-order chi connectivity index (χ0) is 15.2. The number of hydrogen-bond donors (Lipinski definition) is 1. The van der Waals surface area contributed by atoms with Crippen molar-refractivity contribution in [3.05, 3.63) is 58.6 Å². The highest BCUT2D eigenvalue weighted by Crippen LogP contribution is 2.31. The summed E-state index contributed by atoms with van der Waals surface area (Å²) in [7, 11) is 0. The molecule has 0 saturated heterocycles. The standard InChI is InChI=1S/C18H22ClNO/c1-13(2)11-20-12-15-8-9-17(14(3)10-15)21-18-7-5-4-6-16(18)19/h4-10,13,20H,11-12H2,1-3H3. The summed E-state index contributed by atoms with van der Waals surface area (Å²) in [4.78, 5) is 0. The van der Waals surface area contributed by atoms with Gasteiger partial charge >= 0.3 is 0 Å². The highest BCUT2D eigenvalue weighted by Gasteiger charge is 2.06. The average molecular weight is 304 g/mol. The van der Waals surface area contributed by atoms with E-state index in [0.29, 0.717) is 16.7 Å². The van der Waals surface area contributed by atoms with Crippen LogP contribution in [0.4, 0.5) is 0 Å². The van der Waals surface area contributed by atoms with Crippen LogP contribution in [-0.4, -0.2) is 6.54 Å². The van der Waals surface area contributed by atoms with Crippen molar-refractivity contribution in [2.45, 2.75) is 27.3 Å². The van der Waals surface area contributed by atoms with Gasteiger partial charge in [0.25, 0.3) is 0 Å². The highest BCUT2D eigenvalue weighted by atomic mass is 35.5. The third kappa shape index (κ3) is 4.76. The van der Waals surface area contributed by atoms with Crippen molar-refractivity contribution in [1.29, 1.82) is 0 Å². The van der Waals surface area contributed by atoms with Gasteiger partial charge in [0.05, 0.1) is 5.02 Å². The van der Waals surface area contributed by atoms with E-state index in [4.69, 9.17) is 16.3 Å². The lowest BCUT2D eigenvalue weighted by molar-refractivity contribution is 0.478. The van der Waals surface area contributed by atoms with Crippen LogP contribution in [0.2, 0.25) is 5.02 Å². The van der Waals surface area contributed by atoms with Crippen molar-refractivity contribution >= 4 is 11.6 Å². The molecule has 2 nitrogen and oxygen atoms in total. The van der Waals surface area contributed by atoms with Crippen molar-refractivity contribution in [3.8, 4) is 11.5 Å². The first-order chi connectivity index (χ1) is 10.1. The van der Waals surface area contributed by atoms with Gasteiger partial charge in [0.1, 0.15) is 11.5 Å². The van der Waals surface area contributed by atoms with Gasteiger partial charge in [-0.25, -0.2) is 0 Å². The van der Waals surface area contributed by atoms with E-state index >= 15 is 0 Å². The molecular weight excluding hydrogens is 282 g/mol. The van der Waals surface area contributed by atoms with Gasteiger partial charge in [0, 0.05) is 6.54 Å². The third-order valence-corrected chi connectivity index (χ3v) is 3.49. The van der Waals surface area contributed by atoms with Crippen LogP contribution in [0.15, 0.2) is 42.5 Å². The van der Waals surface area contributed by atoms with Gasteiger partial charge in [-0.3, -0.25) is 0 Å². The molecule has 0 atom stereocenters. The van der Waals surface area contributed by atoms with Gasteiger partial charge in [-0.05, 0) is 48.7 Å². The van der Waals surface area contributed by atoms with E-state index in [1.165, 1.54) is 5.56 Å². The largest absolute Gasteiger partial charge is 0.456 e. The maximum atomic E-state index is 6.12. The number of nitrogens with one attached hydrogen (secondary N) is 1. The van der Waals surface area contributed by atoms with E-state index in [1.807, 2.05) is 30.3 Å². The van der Waals surface area contributed by atoms with Crippen molar-refractivity contribution < 1.29 is 4.74 Å². The van der Waals surface area contributed by atoms with Crippen molar-refractivity contribution in [1.82, 2.24) is 5.32 Å². The molecule has 2 rings (SSSR count). The van der Waals surface area contributed by atoms with Gasteiger partial charge in [0.15, 0.2) is 0 Å². The normalized spacial score (nSPS) is 10.9. The summed E-state index contributed by atoms with van der Waals surface area (Å²) in [5.74, 6) is 2.19. The molecule has 0 aliphatic rings. The van der Waals surface area contributed by atoms with Gasteiger partial charge in [-0.1, -0.05) is 49.7 Å². The fourth-order valence-corrected chi connectivity index (χ4v) is 2.26. The predicted octanol–water partition coefficient (Wildman–Crippen LogP) is 5.19. The smallest absolute Gasteiger partial charge is 0.146 e. The second kappa shape index (κ2) is 7.48. The molecule has 0 spiro atoms. The first-order valence-electron chi connectivity index (χ1n) is 7.29. The van der Waals surface area contributed by atoms with Crippen molar-refractivity contribution in [2.24, 2.45) is 5.92 Å². The molecule has 0 fully saturated rings. The van der Waals surface area contributed by atoms with Crippen LogP contribution >= 0.6 is 11.6 Å². The predicted molar refractivity (Wildman–Crippen MR) is 89.2 cm³/mol. The SMILES string of the molecule is Cc1cc(CNCC(C)C)ccc1Oc1ccccc1Cl. The number of para-hydroxylation sites is 1. The summed E-state index contributed by atoms with van der Waals surface area (Å²) >= 11 is 6.12. The van der Waals surface area contributed by atoms with Gasteiger partial charge in [-0.15, -0.1) is 0 Å². The van der Waals surface area contributed by atoms with Gasteiger partial charge in [-0.2, -0.15) is 0 Å². The molecule has 2 aromatic carbocycles. The van der Waals surface area contributed by atoms with Crippen molar-refractivity contribution in [3.63, 3.8) is 0 Å². The average Bonchev–Trinajstić information content (AvgIpc) is 2.43. The molecular formula is C18H22ClNO. The Morgan fingerprint density at radius 1 is 1.10 bits per heavy atom. The summed E-state index contributed by atoms with van der Waals surface area (Å²) in [6.07, 6.45) is 0. The molecule has 2 aromatic rings. The van der Waals surface area contributed by atoms with Crippen LogP contribution in [0.1, 0.15) is 25.0 Å².